The Morgan fingerprint density at radius 3 is 1.08 bits per heavy atom. The van der Waals surface area contributed by atoms with E-state index in [1.165, 1.54) is 208 Å². The van der Waals surface area contributed by atoms with Crippen LogP contribution >= 0.6 is 0 Å². The molecular weight excluding hydrogens is 737 g/mol. The highest BCUT2D eigenvalue weighted by molar-refractivity contribution is 5.82. The zero-order chi connectivity index (χ0) is 43.9. The maximum Gasteiger partial charge on any atom is 0.223 e. The van der Waals surface area contributed by atoms with Crippen LogP contribution in [0, 0.1) is 11.8 Å². The van der Waals surface area contributed by atoms with Crippen LogP contribution in [0.5, 0.6) is 0 Å². The zero-order valence-corrected chi connectivity index (χ0v) is 41.3. The molecule has 2 aromatic carbocycles. The summed E-state index contributed by atoms with van der Waals surface area (Å²) in [5.74, 6) is 7.26. The van der Waals surface area contributed by atoms with Crippen LogP contribution in [-0.4, -0.2) is 4.70 Å². The van der Waals surface area contributed by atoms with Gasteiger partial charge in [0, 0.05) is 23.6 Å². The highest BCUT2D eigenvalue weighted by atomic mass is 15.2. The van der Waals surface area contributed by atoms with Gasteiger partial charge in [-0.1, -0.05) is 189 Å². The zero-order valence-electron chi connectivity index (χ0n) is 41.3. The van der Waals surface area contributed by atoms with Crippen molar-refractivity contribution in [3.05, 3.63) is 86.0 Å². The van der Waals surface area contributed by atoms with Gasteiger partial charge in [-0.2, -0.15) is 0 Å². The number of hydrogen-bond donors (Lipinski definition) is 0. The predicted octanol–water partition coefficient (Wildman–Crippen LogP) is 18.8. The fourth-order valence-corrected chi connectivity index (χ4v) is 9.54. The van der Waals surface area contributed by atoms with Crippen molar-refractivity contribution in [3.8, 4) is 11.8 Å². The van der Waals surface area contributed by atoms with Gasteiger partial charge in [-0.25, -0.2) is 4.70 Å². The maximum atomic E-state index is 12.7. The number of nitrogens with zero attached hydrogens (tertiary/aromatic N) is 2. The lowest BCUT2D eigenvalue weighted by atomic mass is 9.87. The third-order valence-corrected chi connectivity index (χ3v) is 13.3. The summed E-state index contributed by atoms with van der Waals surface area (Å²) < 4.78 is 1.58. The van der Waals surface area contributed by atoms with E-state index in [0.29, 0.717) is 0 Å². The quantitative estimate of drug-likeness (QED) is 0.0376. The molecule has 0 unspecified atom stereocenters. The Morgan fingerprint density at radius 1 is 0.393 bits per heavy atom. The molecule has 61 heavy (non-hydrogen) atoms. The van der Waals surface area contributed by atoms with Crippen molar-refractivity contribution in [1.29, 1.82) is 0 Å². The van der Waals surface area contributed by atoms with Gasteiger partial charge in [0.25, 0.3) is 0 Å². The fraction of sp³-hybridized carbons (Fsp3) is 0.695. The van der Waals surface area contributed by atoms with Gasteiger partial charge in [0.1, 0.15) is 5.57 Å². The van der Waals surface area contributed by atoms with Crippen LogP contribution in [-0.2, 0) is 38.5 Å². The second-order valence-electron chi connectivity index (χ2n) is 18.8. The van der Waals surface area contributed by atoms with Gasteiger partial charge in [0.2, 0.25) is 11.4 Å². The summed E-state index contributed by atoms with van der Waals surface area (Å²) in [6.07, 6.45) is 44.2. The lowest BCUT2D eigenvalue weighted by Crippen LogP contribution is -2.09. The summed E-state index contributed by atoms with van der Waals surface area (Å²) in [5.41, 5.74) is 27.2. The Balaban J connectivity index is 2.23. The molecule has 0 N–H and O–H groups in total. The minimum atomic E-state index is 0.901. The van der Waals surface area contributed by atoms with Crippen LogP contribution in [0.3, 0.4) is 0 Å². The van der Waals surface area contributed by atoms with E-state index in [1.807, 2.05) is 0 Å². The van der Waals surface area contributed by atoms with Gasteiger partial charge in [-0.05, 0) is 141 Å². The molecule has 0 aliphatic carbocycles. The van der Waals surface area contributed by atoms with E-state index in [-0.39, 0.29) is 0 Å². The first-order valence-electron chi connectivity index (χ1n) is 26.7. The molecule has 1 aliphatic heterocycles. The van der Waals surface area contributed by atoms with Crippen LogP contribution in [0.25, 0.3) is 16.9 Å². The van der Waals surface area contributed by atoms with Crippen molar-refractivity contribution in [1.82, 2.24) is 0 Å². The van der Waals surface area contributed by atoms with Gasteiger partial charge >= 0.3 is 0 Å². The molecule has 1 aliphatic rings. The van der Waals surface area contributed by atoms with Gasteiger partial charge in [0.05, 0.1) is 0 Å². The topological polar surface area (TPSA) is 25.3 Å². The molecule has 340 valence electrons. The van der Waals surface area contributed by atoms with Gasteiger partial charge in [-0.15, -0.1) is 0 Å². The molecule has 0 bridgehead atoms. The Morgan fingerprint density at radius 2 is 0.721 bits per heavy atom. The number of hydrogen-bond acceptors (Lipinski definition) is 0. The average Bonchev–Trinajstić information content (AvgIpc) is 3.60. The number of unbranched alkanes of at least 4 members (excludes halogenated alkanes) is 21. The number of allylic oxidation sites excluding steroid dienone is 2. The Bertz CT molecular complexity index is 1590. The maximum absolute atomic E-state index is 12.7. The second-order valence-corrected chi connectivity index (χ2v) is 18.8. The lowest BCUT2D eigenvalue weighted by Gasteiger charge is -2.20. The van der Waals surface area contributed by atoms with Crippen LogP contribution in [0.2, 0.25) is 0 Å². The normalized spacial score (nSPS) is 12.7. The van der Waals surface area contributed by atoms with Crippen molar-refractivity contribution in [2.24, 2.45) is 0 Å². The summed E-state index contributed by atoms with van der Waals surface area (Å²) in [5, 5.41) is 0. The van der Waals surface area contributed by atoms with Crippen LogP contribution in [0.1, 0.15) is 273 Å². The first kappa shape index (κ1) is 52.4. The summed E-state index contributed by atoms with van der Waals surface area (Å²) in [4.78, 5) is 0. The number of aryl methyl sites for hydroxylation is 4. The molecule has 2 aromatic rings. The smallest absolute Gasteiger partial charge is 0.223 e. The van der Waals surface area contributed by atoms with Crippen molar-refractivity contribution in [2.75, 3.05) is 0 Å². The molecule has 0 spiro atoms. The molecule has 2 nitrogen and oxygen atoms in total. The predicted molar refractivity (Wildman–Crippen MR) is 270 cm³/mol. The summed E-state index contributed by atoms with van der Waals surface area (Å²) in [6.45, 7) is 16.2. The van der Waals surface area contributed by atoms with Gasteiger partial charge in [0.15, 0.2) is 0 Å². The summed E-state index contributed by atoms with van der Waals surface area (Å²) >= 11 is 0. The van der Waals surface area contributed by atoms with E-state index in [0.717, 1.165) is 61.1 Å². The Kier molecular flexibility index (Phi) is 28.1. The van der Waals surface area contributed by atoms with E-state index in [4.69, 9.17) is 0 Å². The summed E-state index contributed by atoms with van der Waals surface area (Å²) in [6, 6.07) is 9.95. The fourth-order valence-electron chi connectivity index (χ4n) is 9.54. The molecule has 0 saturated heterocycles. The van der Waals surface area contributed by atoms with Crippen LogP contribution in [0.15, 0.2) is 35.9 Å². The van der Waals surface area contributed by atoms with Crippen molar-refractivity contribution in [3.63, 3.8) is 0 Å². The van der Waals surface area contributed by atoms with E-state index < -0.39 is 0 Å². The summed E-state index contributed by atoms with van der Waals surface area (Å²) in [7, 11) is 0. The van der Waals surface area contributed by atoms with Gasteiger partial charge in [-0.3, -0.25) is 0 Å². The monoisotopic (exact) mass is 831 g/mol. The third kappa shape index (κ3) is 18.8. The van der Waals surface area contributed by atoms with E-state index in [9.17, 15) is 5.53 Å². The number of benzene rings is 2. The van der Waals surface area contributed by atoms with Gasteiger partial charge < -0.3 is 5.53 Å². The average molecular weight is 831 g/mol. The minimum absolute atomic E-state index is 0.901. The largest absolute Gasteiger partial charge is 0.493 e. The number of rotatable bonds is 35. The molecule has 2 heteroatoms. The highest BCUT2D eigenvalue weighted by Crippen LogP contribution is 2.39. The highest BCUT2D eigenvalue weighted by Gasteiger charge is 2.31. The lowest BCUT2D eigenvalue weighted by molar-refractivity contribution is -0.344. The van der Waals surface area contributed by atoms with Crippen LogP contribution in [0.4, 0.5) is 0 Å². The Hall–Kier alpha value is -2.92. The van der Waals surface area contributed by atoms with E-state index >= 15 is 0 Å². The van der Waals surface area contributed by atoms with E-state index in [1.54, 1.807) is 15.8 Å². The first-order valence-corrected chi connectivity index (χ1v) is 26.7. The molecule has 0 amide bonds. The van der Waals surface area contributed by atoms with E-state index in [2.05, 4.69) is 90.6 Å². The Labute approximate surface area is 379 Å². The van der Waals surface area contributed by atoms with Crippen molar-refractivity contribution in [2.45, 2.75) is 267 Å². The van der Waals surface area contributed by atoms with Crippen molar-refractivity contribution < 1.29 is 4.70 Å². The molecule has 1 heterocycles. The molecule has 0 saturated carbocycles. The van der Waals surface area contributed by atoms with Crippen molar-refractivity contribution >= 4 is 11.4 Å². The van der Waals surface area contributed by atoms with Crippen LogP contribution < -0.4 is 0 Å². The standard InChI is InChI=1S/C59H94N2/c1-8-15-22-29-34-41-53-48-58(54-44-49(37-30-23-16-9-2)56(42-35-27-20-13-6)50(45-54)38-31-24-17-10-3)61(60)59(53)55-46-51(39-32-25-18-11-4)57(43-36-28-21-14-7)52(47-55)40-33-26-19-12-5/h44-48H,8-33,35-40,42-43H2,1-7H3. The molecule has 0 fully saturated rings. The molecule has 0 atom stereocenters. The second kappa shape index (κ2) is 32.7. The molecule has 3 rings (SSSR count). The molecule has 0 aromatic heterocycles. The first-order chi connectivity index (χ1) is 30.0. The minimum Gasteiger partial charge on any atom is -0.493 e. The third-order valence-electron chi connectivity index (χ3n) is 13.3. The SMILES string of the molecule is CCCCCC#CC1=C(c2cc(CCCCCC)c(CCCCCC)c(CCCCCC)c2)[N+](=[N-])C(c2cc(CCCCCC)c(CCCCCC)c(CCCCCC)c2)=C1. The molecule has 0 radical (unpaired) electrons. The molecular formula is C59H94N2.